The summed E-state index contributed by atoms with van der Waals surface area (Å²) in [6, 6.07) is 0. The molecule has 0 rings (SSSR count). The molecule has 0 radical (unpaired) electrons. The maximum absolute atomic E-state index is 10.2. The first kappa shape index (κ1) is 27.5. The van der Waals surface area contributed by atoms with E-state index in [0.717, 1.165) is 12.8 Å². The van der Waals surface area contributed by atoms with Crippen LogP contribution in [0.15, 0.2) is 12.7 Å². The second-order valence-corrected chi connectivity index (χ2v) is 7.55. The molecule has 0 aromatic heterocycles. The van der Waals surface area contributed by atoms with Crippen LogP contribution in [-0.4, -0.2) is 51.2 Å². The molecule has 0 spiro atoms. The third kappa shape index (κ3) is 15.5. The van der Waals surface area contributed by atoms with Gasteiger partial charge in [0, 0.05) is 14.2 Å². The van der Waals surface area contributed by atoms with E-state index in [1.807, 2.05) is 0 Å². The highest BCUT2D eigenvalue weighted by molar-refractivity contribution is 4.89. The molecule has 5 nitrogen and oxygen atoms in total. The fourth-order valence-electron chi connectivity index (χ4n) is 3.39. The molecule has 0 unspecified atom stereocenters. The first-order chi connectivity index (χ1) is 13.7. The molecule has 0 bridgehead atoms. The zero-order valence-corrected chi connectivity index (χ0v) is 18.7. The van der Waals surface area contributed by atoms with E-state index >= 15 is 0 Å². The first-order valence-corrected chi connectivity index (χ1v) is 11.2. The molecule has 0 aromatic carbocycles. The van der Waals surface area contributed by atoms with Crippen molar-refractivity contribution in [2.24, 2.45) is 0 Å². The standard InChI is InChI=1S/C23H46O5/c1-5-7-8-9-10-11-12-13-14-15-16-17-18-22(27-19-25-3)23(21(24)6-2)28-20-26-4/h6,21-24H,2,5,7-20H2,1,3-4H3/t21-,22+,23+/m1/s1. The van der Waals surface area contributed by atoms with Crippen molar-refractivity contribution in [2.75, 3.05) is 27.8 Å². The monoisotopic (exact) mass is 402 g/mol. The smallest absolute Gasteiger partial charge is 0.146 e. The minimum Gasteiger partial charge on any atom is -0.386 e. The van der Waals surface area contributed by atoms with Crippen molar-refractivity contribution in [2.45, 2.75) is 109 Å². The molecule has 0 fully saturated rings. The molecule has 0 saturated carbocycles. The lowest BCUT2D eigenvalue weighted by Crippen LogP contribution is -2.41. The van der Waals surface area contributed by atoms with Gasteiger partial charge in [-0.05, 0) is 6.42 Å². The van der Waals surface area contributed by atoms with Crippen molar-refractivity contribution in [1.29, 1.82) is 0 Å². The summed E-state index contributed by atoms with van der Waals surface area (Å²) in [5.74, 6) is 0. The number of ether oxygens (including phenoxy) is 4. The minimum atomic E-state index is -0.797. The molecule has 0 aliphatic rings. The SMILES string of the molecule is C=C[C@@H](O)[C@H](OCOC)[C@H](CCCCCCCCCCCCCC)OCOC. The Kier molecular flexibility index (Phi) is 20.9. The van der Waals surface area contributed by atoms with Crippen LogP contribution in [0.3, 0.4) is 0 Å². The number of hydrogen-bond acceptors (Lipinski definition) is 5. The van der Waals surface area contributed by atoms with Crippen molar-refractivity contribution in [3.05, 3.63) is 12.7 Å². The van der Waals surface area contributed by atoms with Gasteiger partial charge in [0.1, 0.15) is 25.8 Å². The van der Waals surface area contributed by atoms with Gasteiger partial charge in [0.05, 0.1) is 6.10 Å². The Morgan fingerprint density at radius 2 is 1.21 bits per heavy atom. The minimum absolute atomic E-state index is 0.112. The van der Waals surface area contributed by atoms with Gasteiger partial charge in [0.25, 0.3) is 0 Å². The van der Waals surface area contributed by atoms with Gasteiger partial charge >= 0.3 is 0 Å². The average molecular weight is 403 g/mol. The van der Waals surface area contributed by atoms with Crippen LogP contribution in [0.1, 0.15) is 90.4 Å². The maximum atomic E-state index is 10.2. The van der Waals surface area contributed by atoms with Gasteiger partial charge in [0.2, 0.25) is 0 Å². The topological polar surface area (TPSA) is 57.2 Å². The van der Waals surface area contributed by atoms with Gasteiger partial charge in [-0.3, -0.25) is 0 Å². The molecule has 0 aromatic rings. The molecule has 0 aliphatic carbocycles. The Morgan fingerprint density at radius 3 is 1.68 bits per heavy atom. The van der Waals surface area contributed by atoms with Crippen molar-refractivity contribution < 1.29 is 24.1 Å². The lowest BCUT2D eigenvalue weighted by atomic mass is 10.00. The summed E-state index contributed by atoms with van der Waals surface area (Å²) in [6.07, 6.45) is 16.5. The summed E-state index contributed by atoms with van der Waals surface area (Å²) >= 11 is 0. The zero-order valence-electron chi connectivity index (χ0n) is 18.7. The van der Waals surface area contributed by atoms with Gasteiger partial charge in [-0.25, -0.2) is 0 Å². The van der Waals surface area contributed by atoms with Crippen LogP contribution in [0.25, 0.3) is 0 Å². The van der Waals surface area contributed by atoms with E-state index in [0.29, 0.717) is 0 Å². The van der Waals surface area contributed by atoms with E-state index in [-0.39, 0.29) is 19.7 Å². The Hall–Kier alpha value is -0.460. The van der Waals surface area contributed by atoms with Crippen LogP contribution in [-0.2, 0) is 18.9 Å². The largest absolute Gasteiger partial charge is 0.386 e. The second-order valence-electron chi connectivity index (χ2n) is 7.55. The number of methoxy groups -OCH3 is 2. The molecule has 5 heteroatoms. The molecule has 3 atom stereocenters. The van der Waals surface area contributed by atoms with Crippen LogP contribution >= 0.6 is 0 Å². The third-order valence-corrected chi connectivity index (χ3v) is 5.07. The Labute approximate surface area is 173 Å². The first-order valence-electron chi connectivity index (χ1n) is 11.2. The molecular formula is C23H46O5. The number of aliphatic hydroxyl groups is 1. The van der Waals surface area contributed by atoms with Crippen molar-refractivity contribution >= 4 is 0 Å². The van der Waals surface area contributed by atoms with E-state index in [2.05, 4.69) is 13.5 Å². The molecule has 168 valence electrons. The van der Waals surface area contributed by atoms with Crippen LogP contribution in [0.2, 0.25) is 0 Å². The van der Waals surface area contributed by atoms with Gasteiger partial charge in [-0.15, -0.1) is 6.58 Å². The molecule has 0 heterocycles. The average Bonchev–Trinajstić information content (AvgIpc) is 2.71. The fraction of sp³-hybridized carbons (Fsp3) is 0.913. The normalized spacial score (nSPS) is 14.7. The number of rotatable bonds is 22. The van der Waals surface area contributed by atoms with E-state index in [1.165, 1.54) is 76.7 Å². The Balaban J connectivity index is 3.96. The second kappa shape index (κ2) is 21.3. The molecule has 0 aliphatic heterocycles. The highest BCUT2D eigenvalue weighted by atomic mass is 16.7. The lowest BCUT2D eigenvalue weighted by molar-refractivity contribution is -0.179. The van der Waals surface area contributed by atoms with Crippen LogP contribution < -0.4 is 0 Å². The van der Waals surface area contributed by atoms with Gasteiger partial charge in [-0.1, -0.05) is 90.0 Å². The quantitative estimate of drug-likeness (QED) is 0.145. The zero-order chi connectivity index (χ0) is 20.9. The summed E-state index contributed by atoms with van der Waals surface area (Å²) in [5, 5.41) is 10.2. The van der Waals surface area contributed by atoms with Crippen LogP contribution in [0.5, 0.6) is 0 Å². The summed E-state index contributed by atoms with van der Waals surface area (Å²) in [7, 11) is 3.16. The van der Waals surface area contributed by atoms with Crippen molar-refractivity contribution in [3.8, 4) is 0 Å². The number of aliphatic hydroxyl groups excluding tert-OH is 1. The van der Waals surface area contributed by atoms with E-state index in [4.69, 9.17) is 18.9 Å². The van der Waals surface area contributed by atoms with E-state index in [1.54, 1.807) is 14.2 Å². The van der Waals surface area contributed by atoms with Crippen molar-refractivity contribution in [1.82, 2.24) is 0 Å². The molecule has 0 amide bonds. The van der Waals surface area contributed by atoms with Crippen molar-refractivity contribution in [3.63, 3.8) is 0 Å². The third-order valence-electron chi connectivity index (χ3n) is 5.07. The van der Waals surface area contributed by atoms with Gasteiger partial charge in [0.15, 0.2) is 0 Å². The van der Waals surface area contributed by atoms with Gasteiger partial charge in [-0.2, -0.15) is 0 Å². The lowest BCUT2D eigenvalue weighted by Gasteiger charge is -2.29. The molecule has 1 N–H and O–H groups in total. The number of unbranched alkanes of at least 4 members (excludes halogenated alkanes) is 11. The van der Waals surface area contributed by atoms with E-state index in [9.17, 15) is 5.11 Å². The van der Waals surface area contributed by atoms with Crippen LogP contribution in [0.4, 0.5) is 0 Å². The number of hydrogen-bond donors (Lipinski definition) is 1. The summed E-state index contributed by atoms with van der Waals surface area (Å²) in [5.41, 5.74) is 0. The Bertz CT molecular complexity index is 324. The predicted molar refractivity (Wildman–Crippen MR) is 115 cm³/mol. The summed E-state index contributed by atoms with van der Waals surface area (Å²) in [6.45, 7) is 6.22. The summed E-state index contributed by atoms with van der Waals surface area (Å²) in [4.78, 5) is 0. The molecular weight excluding hydrogens is 356 g/mol. The highest BCUT2D eigenvalue weighted by Gasteiger charge is 2.28. The Morgan fingerprint density at radius 1 is 0.750 bits per heavy atom. The van der Waals surface area contributed by atoms with Crippen LogP contribution in [0, 0.1) is 0 Å². The van der Waals surface area contributed by atoms with Gasteiger partial charge < -0.3 is 24.1 Å². The van der Waals surface area contributed by atoms with E-state index < -0.39 is 12.2 Å². The molecule has 28 heavy (non-hydrogen) atoms. The maximum Gasteiger partial charge on any atom is 0.146 e. The predicted octanol–water partition coefficient (Wildman–Crippen LogP) is 5.60. The fourth-order valence-corrected chi connectivity index (χ4v) is 3.39. The highest BCUT2D eigenvalue weighted by Crippen LogP contribution is 2.19. The molecule has 0 saturated heterocycles. The summed E-state index contributed by atoms with van der Waals surface area (Å²) < 4.78 is 21.4.